The molecular weight excluding hydrogens is 394 g/mol. The lowest BCUT2D eigenvalue weighted by Gasteiger charge is -2.36. The summed E-state index contributed by atoms with van der Waals surface area (Å²) in [4.78, 5) is 32.2. The molecule has 1 aliphatic rings. The van der Waals surface area contributed by atoms with Gasteiger partial charge in [-0.25, -0.2) is 18.6 Å². The van der Waals surface area contributed by atoms with Gasteiger partial charge in [-0.2, -0.15) is 0 Å². The van der Waals surface area contributed by atoms with Gasteiger partial charge in [-0.3, -0.25) is 4.79 Å². The minimum absolute atomic E-state index is 0.222. The van der Waals surface area contributed by atoms with Gasteiger partial charge < -0.3 is 19.9 Å². The van der Waals surface area contributed by atoms with E-state index in [1.54, 1.807) is 23.2 Å². The zero-order valence-corrected chi connectivity index (χ0v) is 17.1. The van der Waals surface area contributed by atoms with Crippen molar-refractivity contribution in [2.45, 2.75) is 26.4 Å². The van der Waals surface area contributed by atoms with Gasteiger partial charge in [-0.1, -0.05) is 6.07 Å². The van der Waals surface area contributed by atoms with E-state index in [9.17, 15) is 18.4 Å². The third-order valence-corrected chi connectivity index (χ3v) is 4.48. The van der Waals surface area contributed by atoms with Crippen molar-refractivity contribution in [2.24, 2.45) is 0 Å². The summed E-state index contributed by atoms with van der Waals surface area (Å²) >= 11 is 0. The van der Waals surface area contributed by atoms with Crippen LogP contribution in [0.1, 0.15) is 31.1 Å². The van der Waals surface area contributed by atoms with E-state index in [0.29, 0.717) is 26.2 Å². The number of amides is 2. The number of hydrogen-bond acceptors (Lipinski definition) is 5. The number of hydrogen-bond donors (Lipinski definition) is 1. The van der Waals surface area contributed by atoms with Crippen LogP contribution >= 0.6 is 0 Å². The minimum atomic E-state index is -1.20. The molecule has 0 bridgehead atoms. The number of anilines is 2. The van der Waals surface area contributed by atoms with E-state index in [1.165, 1.54) is 12.1 Å². The highest BCUT2D eigenvalue weighted by molar-refractivity contribution is 6.04. The monoisotopic (exact) mass is 418 g/mol. The van der Waals surface area contributed by atoms with Crippen LogP contribution in [0.5, 0.6) is 0 Å². The normalized spacial score (nSPS) is 14.4. The van der Waals surface area contributed by atoms with Crippen LogP contribution in [-0.4, -0.2) is 53.7 Å². The predicted molar refractivity (Wildman–Crippen MR) is 109 cm³/mol. The molecule has 7 nitrogen and oxygen atoms in total. The Hall–Kier alpha value is -3.23. The van der Waals surface area contributed by atoms with E-state index in [-0.39, 0.29) is 17.5 Å². The zero-order chi connectivity index (χ0) is 21.9. The summed E-state index contributed by atoms with van der Waals surface area (Å²) in [7, 11) is 0. The highest BCUT2D eigenvalue weighted by atomic mass is 19.2. The zero-order valence-electron chi connectivity index (χ0n) is 17.1. The molecule has 1 aliphatic heterocycles. The number of piperazine rings is 1. The van der Waals surface area contributed by atoms with Crippen LogP contribution < -0.4 is 10.2 Å². The maximum Gasteiger partial charge on any atom is 0.410 e. The number of carbonyl (C=O) groups excluding carboxylic acids is 2. The first kappa shape index (κ1) is 21.5. The minimum Gasteiger partial charge on any atom is -0.444 e. The molecule has 9 heteroatoms. The number of ether oxygens (including phenoxy) is 1. The van der Waals surface area contributed by atoms with Crippen molar-refractivity contribution in [3.8, 4) is 0 Å². The average Bonchev–Trinajstić information content (AvgIpc) is 2.69. The molecule has 2 aromatic rings. The van der Waals surface area contributed by atoms with Crippen LogP contribution in [0.4, 0.5) is 25.1 Å². The lowest BCUT2D eigenvalue weighted by Crippen LogP contribution is -2.50. The number of benzene rings is 1. The fraction of sp³-hybridized carbons (Fsp3) is 0.381. The molecule has 2 heterocycles. The van der Waals surface area contributed by atoms with E-state index in [1.807, 2.05) is 20.8 Å². The van der Waals surface area contributed by atoms with E-state index >= 15 is 0 Å². The number of carbonyl (C=O) groups is 2. The summed E-state index contributed by atoms with van der Waals surface area (Å²) in [5, 5.41) is 2.46. The quantitative estimate of drug-likeness (QED) is 0.823. The molecule has 1 N–H and O–H groups in total. The number of aromatic nitrogens is 1. The van der Waals surface area contributed by atoms with Crippen molar-refractivity contribution >= 4 is 23.5 Å². The summed E-state index contributed by atoms with van der Waals surface area (Å²) in [6.45, 7) is 7.75. The molecular formula is C21H24F2N4O3. The van der Waals surface area contributed by atoms with Gasteiger partial charge in [0.05, 0.1) is 17.4 Å². The largest absolute Gasteiger partial charge is 0.444 e. The van der Waals surface area contributed by atoms with Crippen LogP contribution in [0, 0.1) is 11.6 Å². The Morgan fingerprint density at radius 2 is 1.77 bits per heavy atom. The molecule has 0 atom stereocenters. The highest BCUT2D eigenvalue weighted by Gasteiger charge is 2.26. The molecule has 0 saturated carbocycles. The average molecular weight is 418 g/mol. The van der Waals surface area contributed by atoms with E-state index < -0.39 is 23.1 Å². The van der Waals surface area contributed by atoms with Gasteiger partial charge in [0.25, 0.3) is 5.91 Å². The van der Waals surface area contributed by atoms with Crippen LogP contribution in [0.15, 0.2) is 36.5 Å². The second kappa shape index (κ2) is 8.64. The molecule has 0 spiro atoms. The third-order valence-electron chi connectivity index (χ3n) is 4.48. The van der Waals surface area contributed by atoms with Gasteiger partial charge >= 0.3 is 6.09 Å². The van der Waals surface area contributed by atoms with Gasteiger partial charge in [0.2, 0.25) is 0 Å². The Balaban J connectivity index is 1.57. The summed E-state index contributed by atoms with van der Waals surface area (Å²) in [6.07, 6.45) is 1.25. The lowest BCUT2D eigenvalue weighted by atomic mass is 10.2. The van der Waals surface area contributed by atoms with Crippen LogP contribution in [0.3, 0.4) is 0 Å². The standard InChI is InChI=1S/C21H24F2N4O3/c1-21(2,3)30-20(29)27-11-9-26(10-12-27)14-7-8-17(24-13-14)25-19(28)15-5-4-6-16(22)18(15)23/h4-8,13H,9-12H2,1-3H3,(H,24,25,28). The summed E-state index contributed by atoms with van der Waals surface area (Å²) in [5.74, 6) is -2.84. The maximum atomic E-state index is 13.7. The molecule has 1 fully saturated rings. The topological polar surface area (TPSA) is 74.8 Å². The SMILES string of the molecule is CC(C)(C)OC(=O)N1CCN(c2ccc(NC(=O)c3cccc(F)c3F)nc2)CC1. The maximum absolute atomic E-state index is 13.7. The molecule has 1 saturated heterocycles. The number of pyridine rings is 1. The fourth-order valence-corrected chi connectivity index (χ4v) is 2.98. The molecule has 0 radical (unpaired) electrons. The van der Waals surface area contributed by atoms with Crippen LogP contribution in [0.25, 0.3) is 0 Å². The summed E-state index contributed by atoms with van der Waals surface area (Å²) in [6, 6.07) is 6.77. The van der Waals surface area contributed by atoms with Gasteiger partial charge in [0.15, 0.2) is 11.6 Å². The van der Waals surface area contributed by atoms with Gasteiger partial charge in [-0.15, -0.1) is 0 Å². The fourth-order valence-electron chi connectivity index (χ4n) is 2.98. The number of rotatable bonds is 3. The van der Waals surface area contributed by atoms with Gasteiger partial charge in [-0.05, 0) is 45.0 Å². The molecule has 2 amide bonds. The smallest absolute Gasteiger partial charge is 0.410 e. The molecule has 1 aromatic carbocycles. The number of nitrogens with zero attached hydrogens (tertiary/aromatic N) is 3. The van der Waals surface area contributed by atoms with Crippen LogP contribution in [-0.2, 0) is 4.74 Å². The molecule has 30 heavy (non-hydrogen) atoms. The van der Waals surface area contributed by atoms with Crippen molar-refractivity contribution in [1.29, 1.82) is 0 Å². The summed E-state index contributed by atoms with van der Waals surface area (Å²) in [5.41, 5.74) is -0.0970. The second-order valence-electron chi connectivity index (χ2n) is 7.91. The van der Waals surface area contributed by atoms with E-state index in [0.717, 1.165) is 11.8 Å². The molecule has 0 aliphatic carbocycles. The third kappa shape index (κ3) is 5.22. The van der Waals surface area contributed by atoms with Crippen LogP contribution in [0.2, 0.25) is 0 Å². The predicted octanol–water partition coefficient (Wildman–Crippen LogP) is 3.67. The molecule has 3 rings (SSSR count). The van der Waals surface area contributed by atoms with Crippen molar-refractivity contribution in [3.05, 3.63) is 53.7 Å². The van der Waals surface area contributed by atoms with Crippen molar-refractivity contribution < 1.29 is 23.1 Å². The number of nitrogens with one attached hydrogen (secondary N) is 1. The highest BCUT2D eigenvalue weighted by Crippen LogP contribution is 2.19. The van der Waals surface area contributed by atoms with E-state index in [2.05, 4.69) is 15.2 Å². The second-order valence-corrected chi connectivity index (χ2v) is 7.91. The first-order chi connectivity index (χ1) is 14.1. The molecule has 0 unspecified atom stereocenters. The lowest BCUT2D eigenvalue weighted by molar-refractivity contribution is 0.0240. The Bertz CT molecular complexity index is 921. The molecule has 160 valence electrons. The van der Waals surface area contributed by atoms with Gasteiger partial charge in [0.1, 0.15) is 11.4 Å². The Morgan fingerprint density at radius 1 is 1.07 bits per heavy atom. The number of halogens is 2. The first-order valence-electron chi connectivity index (χ1n) is 9.58. The van der Waals surface area contributed by atoms with E-state index in [4.69, 9.17) is 4.74 Å². The first-order valence-corrected chi connectivity index (χ1v) is 9.58. The van der Waals surface area contributed by atoms with Gasteiger partial charge in [0, 0.05) is 26.2 Å². The Morgan fingerprint density at radius 3 is 2.37 bits per heavy atom. The summed E-state index contributed by atoms with van der Waals surface area (Å²) < 4.78 is 32.4. The Labute approximate surface area is 173 Å². The van der Waals surface area contributed by atoms with Crippen molar-refractivity contribution in [3.63, 3.8) is 0 Å². The van der Waals surface area contributed by atoms with Crippen molar-refractivity contribution in [1.82, 2.24) is 9.88 Å². The molecule has 1 aromatic heterocycles. The van der Waals surface area contributed by atoms with Crippen molar-refractivity contribution in [2.75, 3.05) is 36.4 Å². The Kier molecular flexibility index (Phi) is 6.19.